The normalized spacial score (nSPS) is 11.9. The molecule has 0 unspecified atom stereocenters. The number of benzene rings is 3. The summed E-state index contributed by atoms with van der Waals surface area (Å²) in [5.74, 6) is 0.805. The number of hydrogen-bond acceptors (Lipinski definition) is 1. The highest BCUT2D eigenvalue weighted by Gasteiger charge is 2.20. The number of halogens is 6. The van der Waals surface area contributed by atoms with Crippen molar-refractivity contribution in [2.45, 2.75) is 6.54 Å². The summed E-state index contributed by atoms with van der Waals surface area (Å²) in [6.07, 6.45) is 0. The summed E-state index contributed by atoms with van der Waals surface area (Å²) in [5.41, 5.74) is 2.96. The molecule has 0 saturated carbocycles. The van der Waals surface area contributed by atoms with E-state index in [1.54, 1.807) is 0 Å². The minimum absolute atomic E-state index is 0.676. The standard InChI is InChI=1S/C22H15Cl2NO.BF4/c23-17-8-6-15(7-9-17)14-25-20-13-22(16-4-2-1-3-5-16)26-21-11-10-18(24)12-19(20)21;2-1(3,4)5/h1-13H,14H2;/q;-1/p+1. The summed E-state index contributed by atoms with van der Waals surface area (Å²) in [6, 6.07) is 25.5. The second-order valence-electron chi connectivity index (χ2n) is 6.51. The lowest BCUT2D eigenvalue weighted by Crippen LogP contribution is -2.75. The van der Waals surface area contributed by atoms with Gasteiger partial charge in [-0.15, -0.1) is 0 Å². The van der Waals surface area contributed by atoms with Gasteiger partial charge in [-0.1, -0.05) is 65.7 Å². The lowest BCUT2D eigenvalue weighted by Gasteiger charge is -2.03. The van der Waals surface area contributed by atoms with Gasteiger partial charge < -0.3 is 21.7 Å². The number of hydrogen-bond donors (Lipinski definition) is 1. The van der Waals surface area contributed by atoms with Crippen LogP contribution in [0.5, 0.6) is 0 Å². The van der Waals surface area contributed by atoms with E-state index in [0.29, 0.717) is 11.6 Å². The SMILES string of the molecule is Clc1ccc(C[NH+]=c2cc(-c3ccccc3)oc3ccc(Cl)cc23)cc1.F[B-](F)(F)F. The van der Waals surface area contributed by atoms with E-state index < -0.39 is 7.25 Å². The fourth-order valence-corrected chi connectivity index (χ4v) is 3.15. The molecule has 1 N–H and O–H groups in total. The van der Waals surface area contributed by atoms with Gasteiger partial charge in [0.1, 0.15) is 11.3 Å². The van der Waals surface area contributed by atoms with Crippen molar-refractivity contribution in [2.24, 2.45) is 0 Å². The maximum absolute atomic E-state index is 9.75. The zero-order valence-corrected chi connectivity index (χ0v) is 17.5. The average molecular weight is 468 g/mol. The molecule has 1 aromatic heterocycles. The van der Waals surface area contributed by atoms with Gasteiger partial charge in [-0.05, 0) is 30.3 Å². The van der Waals surface area contributed by atoms with Crippen molar-refractivity contribution in [3.05, 3.63) is 99.8 Å². The molecule has 0 aliphatic heterocycles. The van der Waals surface area contributed by atoms with Crippen molar-refractivity contribution >= 4 is 41.4 Å². The lowest BCUT2D eigenvalue weighted by molar-refractivity contribution is -0.516. The van der Waals surface area contributed by atoms with Gasteiger partial charge in [0.05, 0.1) is 11.5 Å². The van der Waals surface area contributed by atoms with Crippen LogP contribution in [0.4, 0.5) is 17.3 Å². The van der Waals surface area contributed by atoms with Crippen LogP contribution in [0.15, 0.2) is 83.3 Å². The summed E-state index contributed by atoms with van der Waals surface area (Å²) >= 11 is 12.2. The first-order valence-electron chi connectivity index (χ1n) is 9.16. The molecule has 31 heavy (non-hydrogen) atoms. The lowest BCUT2D eigenvalue weighted by atomic mass is 10.1. The first kappa shape index (κ1) is 22.9. The smallest absolute Gasteiger partial charge is 0.456 e. The monoisotopic (exact) mass is 467 g/mol. The number of fused-ring (bicyclic) bond motifs is 1. The quantitative estimate of drug-likeness (QED) is 0.295. The van der Waals surface area contributed by atoms with Crippen LogP contribution in [-0.4, -0.2) is 7.25 Å². The van der Waals surface area contributed by atoms with Crippen molar-refractivity contribution < 1.29 is 26.7 Å². The predicted octanol–water partition coefficient (Wildman–Crippen LogP) is 5.89. The summed E-state index contributed by atoms with van der Waals surface area (Å²) in [4.78, 5) is 3.50. The van der Waals surface area contributed by atoms with Crippen LogP contribution in [0.1, 0.15) is 5.56 Å². The molecule has 1 heterocycles. The number of rotatable bonds is 3. The minimum Gasteiger partial charge on any atom is -0.456 e. The van der Waals surface area contributed by atoms with Crippen molar-refractivity contribution in [3.8, 4) is 11.3 Å². The second kappa shape index (κ2) is 10.0. The fraction of sp³-hybridized carbons (Fsp3) is 0.0455. The molecule has 0 amide bonds. The molecule has 0 atom stereocenters. The molecule has 0 spiro atoms. The summed E-state index contributed by atoms with van der Waals surface area (Å²) in [7, 11) is -6.00. The molecule has 3 aromatic carbocycles. The highest BCUT2D eigenvalue weighted by atomic mass is 35.5. The minimum atomic E-state index is -6.00. The molecule has 0 radical (unpaired) electrons. The van der Waals surface area contributed by atoms with E-state index in [1.807, 2.05) is 78.9 Å². The molecule has 0 saturated heterocycles. The molecule has 4 aromatic rings. The average Bonchev–Trinajstić information content (AvgIpc) is 2.72. The molecule has 160 valence electrons. The molecular formula is C22H16BCl2F4NO. The van der Waals surface area contributed by atoms with Crippen molar-refractivity contribution in [2.75, 3.05) is 0 Å². The van der Waals surface area contributed by atoms with Crippen LogP contribution in [0.3, 0.4) is 0 Å². The largest absolute Gasteiger partial charge is 0.673 e. The van der Waals surface area contributed by atoms with Gasteiger partial charge in [0.2, 0.25) is 5.36 Å². The Kier molecular flexibility index (Phi) is 7.41. The van der Waals surface area contributed by atoms with Gasteiger partial charge in [0, 0.05) is 21.2 Å². The van der Waals surface area contributed by atoms with E-state index in [4.69, 9.17) is 27.6 Å². The zero-order valence-electron chi connectivity index (χ0n) is 16.0. The zero-order chi connectivity index (χ0) is 22.4. The third-order valence-electron chi connectivity index (χ3n) is 4.18. The van der Waals surface area contributed by atoms with E-state index in [2.05, 4.69) is 4.99 Å². The van der Waals surface area contributed by atoms with E-state index in [9.17, 15) is 17.3 Å². The Morgan fingerprint density at radius 1 is 0.774 bits per heavy atom. The van der Waals surface area contributed by atoms with E-state index in [-0.39, 0.29) is 0 Å². The van der Waals surface area contributed by atoms with Gasteiger partial charge in [0.15, 0.2) is 6.54 Å². The van der Waals surface area contributed by atoms with E-state index >= 15 is 0 Å². The van der Waals surface area contributed by atoms with Gasteiger partial charge in [-0.2, -0.15) is 0 Å². The molecule has 0 aliphatic carbocycles. The topological polar surface area (TPSA) is 27.1 Å². The Hall–Kier alpha value is -2.77. The highest BCUT2D eigenvalue weighted by molar-refractivity contribution is 6.50. The predicted molar refractivity (Wildman–Crippen MR) is 116 cm³/mol. The Bertz CT molecular complexity index is 1220. The Balaban J connectivity index is 0.000000491. The third kappa shape index (κ3) is 7.15. The Morgan fingerprint density at radius 3 is 2.03 bits per heavy atom. The molecule has 9 heteroatoms. The van der Waals surface area contributed by atoms with Crippen molar-refractivity contribution in [1.29, 1.82) is 0 Å². The summed E-state index contributed by atoms with van der Waals surface area (Å²) < 4.78 is 45.1. The van der Waals surface area contributed by atoms with Crippen LogP contribution in [0.25, 0.3) is 22.3 Å². The van der Waals surface area contributed by atoms with Crippen LogP contribution in [-0.2, 0) is 6.54 Å². The summed E-state index contributed by atoms with van der Waals surface area (Å²) in [6.45, 7) is 0.678. The maximum atomic E-state index is 9.75. The molecular weight excluding hydrogens is 452 g/mol. The van der Waals surface area contributed by atoms with Gasteiger partial charge >= 0.3 is 7.25 Å². The van der Waals surface area contributed by atoms with Crippen LogP contribution in [0.2, 0.25) is 10.0 Å². The van der Waals surface area contributed by atoms with E-state index in [0.717, 1.165) is 38.2 Å². The third-order valence-corrected chi connectivity index (χ3v) is 4.67. The van der Waals surface area contributed by atoms with Gasteiger partial charge in [-0.3, -0.25) is 0 Å². The second-order valence-corrected chi connectivity index (χ2v) is 7.38. The molecule has 0 aliphatic rings. The molecule has 0 fully saturated rings. The van der Waals surface area contributed by atoms with Gasteiger partial charge in [-0.25, -0.2) is 4.99 Å². The Labute approximate surface area is 185 Å². The highest BCUT2D eigenvalue weighted by Crippen LogP contribution is 2.23. The summed E-state index contributed by atoms with van der Waals surface area (Å²) in [5, 5.41) is 3.33. The fourth-order valence-electron chi connectivity index (χ4n) is 2.85. The first-order chi connectivity index (χ1) is 14.7. The first-order valence-corrected chi connectivity index (χ1v) is 9.92. The van der Waals surface area contributed by atoms with Crippen molar-refractivity contribution in [3.63, 3.8) is 0 Å². The molecule has 2 nitrogen and oxygen atoms in total. The van der Waals surface area contributed by atoms with Crippen LogP contribution in [0, 0.1) is 0 Å². The van der Waals surface area contributed by atoms with Crippen molar-refractivity contribution in [1.82, 2.24) is 0 Å². The van der Waals surface area contributed by atoms with Crippen LogP contribution < -0.4 is 10.3 Å². The maximum Gasteiger partial charge on any atom is 0.673 e. The number of nitrogens with one attached hydrogen (secondary N) is 1. The van der Waals surface area contributed by atoms with Gasteiger partial charge in [0.25, 0.3) is 0 Å². The Morgan fingerprint density at radius 2 is 1.39 bits per heavy atom. The van der Waals surface area contributed by atoms with Crippen LogP contribution >= 0.6 is 23.2 Å². The molecule has 0 bridgehead atoms. The molecule has 4 rings (SSSR count). The van der Waals surface area contributed by atoms with E-state index in [1.165, 1.54) is 0 Å².